The molecule has 1 aliphatic heterocycles. The van der Waals surface area contributed by atoms with E-state index in [1.54, 1.807) is 13.2 Å². The van der Waals surface area contributed by atoms with Gasteiger partial charge in [-0.15, -0.1) is 0 Å². The molecule has 0 bridgehead atoms. The number of methoxy groups -OCH3 is 1. The molecule has 0 unspecified atom stereocenters. The van der Waals surface area contributed by atoms with Crippen molar-refractivity contribution in [3.63, 3.8) is 0 Å². The van der Waals surface area contributed by atoms with Crippen molar-refractivity contribution in [1.29, 1.82) is 0 Å². The van der Waals surface area contributed by atoms with Gasteiger partial charge >= 0.3 is 6.09 Å². The van der Waals surface area contributed by atoms with Crippen LogP contribution in [-0.2, 0) is 11.2 Å². The van der Waals surface area contributed by atoms with Crippen LogP contribution in [0.15, 0.2) is 36.4 Å². The van der Waals surface area contributed by atoms with Crippen molar-refractivity contribution in [2.75, 3.05) is 20.8 Å². The van der Waals surface area contributed by atoms with Crippen LogP contribution >= 0.6 is 0 Å². The Morgan fingerprint density at radius 2 is 1.93 bits per heavy atom. The lowest BCUT2D eigenvalue weighted by Crippen LogP contribution is -2.30. The maximum Gasteiger partial charge on any atom is 0.407 e. The van der Waals surface area contributed by atoms with Crippen LogP contribution in [0.3, 0.4) is 0 Å². The van der Waals surface area contributed by atoms with Crippen LogP contribution in [0.2, 0.25) is 0 Å². The summed E-state index contributed by atoms with van der Waals surface area (Å²) in [5, 5.41) is 2.36. The van der Waals surface area contributed by atoms with Gasteiger partial charge in [-0.25, -0.2) is 9.18 Å². The number of halogens is 1. The van der Waals surface area contributed by atoms with Gasteiger partial charge in [-0.1, -0.05) is 12.1 Å². The predicted octanol–water partition coefficient (Wildman–Crippen LogP) is 4.97. The molecule has 5 nitrogen and oxygen atoms in total. The topological polar surface area (TPSA) is 56.8 Å². The van der Waals surface area contributed by atoms with Crippen molar-refractivity contribution in [1.82, 2.24) is 5.32 Å². The van der Waals surface area contributed by atoms with Crippen molar-refractivity contribution in [2.24, 2.45) is 0 Å². The smallest absolute Gasteiger partial charge is 0.407 e. The van der Waals surface area contributed by atoms with E-state index < -0.39 is 0 Å². The minimum absolute atomic E-state index is 0.269. The molecule has 3 rings (SSSR count). The van der Waals surface area contributed by atoms with Crippen LogP contribution < -0.4 is 14.8 Å². The maximum atomic E-state index is 13.4. The molecule has 0 saturated heterocycles. The highest BCUT2D eigenvalue weighted by Crippen LogP contribution is 2.35. The fourth-order valence-corrected chi connectivity index (χ4v) is 2.74. The Kier molecular flexibility index (Phi) is 7.26. The molecular weight excluding hydrogens is 361 g/mol. The number of fused-ring (bicyclic) bond motifs is 1. The minimum Gasteiger partial charge on any atom is -0.496 e. The average Bonchev–Trinajstić information content (AvgIpc) is 2.66. The van der Waals surface area contributed by atoms with E-state index in [9.17, 15) is 9.18 Å². The van der Waals surface area contributed by atoms with E-state index in [-0.39, 0.29) is 17.5 Å². The van der Waals surface area contributed by atoms with Crippen molar-refractivity contribution >= 4 is 6.09 Å². The Morgan fingerprint density at radius 1 is 1.18 bits per heavy atom. The Hall–Kier alpha value is -2.76. The molecule has 1 aliphatic rings. The molecule has 0 radical (unpaired) electrons. The summed E-state index contributed by atoms with van der Waals surface area (Å²) in [5.74, 6) is 1.29. The second-order valence-electron chi connectivity index (χ2n) is 7.37. The first-order chi connectivity index (χ1) is 13.2. The third kappa shape index (κ3) is 6.15. The summed E-state index contributed by atoms with van der Waals surface area (Å²) in [6.07, 6.45) is 1.70. The number of rotatable bonds is 2. The molecule has 1 N–H and O–H groups in total. The largest absolute Gasteiger partial charge is 0.496 e. The van der Waals surface area contributed by atoms with Crippen LogP contribution in [0.5, 0.6) is 11.5 Å². The Morgan fingerprint density at radius 3 is 2.54 bits per heavy atom. The van der Waals surface area contributed by atoms with Crippen LogP contribution in [0, 0.1) is 5.82 Å². The molecule has 0 spiro atoms. The fourth-order valence-electron chi connectivity index (χ4n) is 2.74. The summed E-state index contributed by atoms with van der Waals surface area (Å²) in [4.78, 5) is 10.5. The van der Waals surface area contributed by atoms with E-state index in [0.717, 1.165) is 36.3 Å². The van der Waals surface area contributed by atoms with Crippen molar-refractivity contribution < 1.29 is 23.4 Å². The van der Waals surface area contributed by atoms with Crippen LogP contribution in [0.25, 0.3) is 11.1 Å². The summed E-state index contributed by atoms with van der Waals surface area (Å²) in [6.45, 7) is 6.21. The molecule has 6 heteroatoms. The summed E-state index contributed by atoms with van der Waals surface area (Å²) in [7, 11) is 3.12. The van der Waals surface area contributed by atoms with Gasteiger partial charge in [-0.05, 0) is 69.0 Å². The van der Waals surface area contributed by atoms with Gasteiger partial charge in [0.2, 0.25) is 0 Å². The van der Waals surface area contributed by atoms with Crippen molar-refractivity contribution in [2.45, 2.75) is 39.2 Å². The average molecular weight is 389 g/mol. The molecule has 2 aromatic carbocycles. The number of aryl methyl sites for hydroxylation is 1. The third-order valence-corrected chi connectivity index (χ3v) is 3.99. The predicted molar refractivity (Wildman–Crippen MR) is 107 cm³/mol. The molecule has 1 amide bonds. The normalized spacial score (nSPS) is 12.6. The van der Waals surface area contributed by atoms with Gasteiger partial charge < -0.3 is 19.5 Å². The zero-order valence-electron chi connectivity index (χ0n) is 17.1. The van der Waals surface area contributed by atoms with Crippen molar-refractivity contribution in [3.8, 4) is 22.6 Å². The quantitative estimate of drug-likeness (QED) is 0.788. The number of hydrogen-bond donors (Lipinski definition) is 1. The first-order valence-electron chi connectivity index (χ1n) is 9.24. The minimum atomic E-state index is -0.389. The van der Waals surface area contributed by atoms with Gasteiger partial charge in [0, 0.05) is 12.6 Å². The zero-order chi connectivity index (χ0) is 20.7. The van der Waals surface area contributed by atoms with Gasteiger partial charge in [-0.2, -0.15) is 0 Å². The third-order valence-electron chi connectivity index (χ3n) is 3.99. The molecule has 0 aromatic heterocycles. The standard InChI is InChI=1S/C16H15FO2.C6H13NO2/c1-18-15-7-6-13(17)10-14(15)12-5-4-11-3-2-8-19-16(11)9-12;1-6(2,3)9-5(8)7-4/h4-7,9-10H,2-3,8H2,1H3;1-4H3,(H,7,8). The Bertz CT molecular complexity index is 815. The molecule has 0 atom stereocenters. The number of amides is 1. The number of ether oxygens (including phenoxy) is 3. The molecule has 0 aliphatic carbocycles. The van der Waals surface area contributed by atoms with Gasteiger partial charge in [-0.3, -0.25) is 0 Å². The number of alkyl carbamates (subject to hydrolysis) is 1. The molecule has 2 aromatic rings. The first kappa shape index (κ1) is 21.5. The highest BCUT2D eigenvalue weighted by atomic mass is 19.1. The summed E-state index contributed by atoms with van der Waals surface area (Å²) in [5.41, 5.74) is 2.49. The SMILES string of the molecule is CNC(=O)OC(C)(C)C.COc1ccc(F)cc1-c1ccc2c(c1)OCCC2. The number of nitrogens with one attached hydrogen (secondary N) is 1. The number of carbonyl (C=O) groups is 1. The highest BCUT2D eigenvalue weighted by Gasteiger charge is 2.14. The first-order valence-corrected chi connectivity index (χ1v) is 9.24. The molecule has 152 valence electrons. The van der Waals surface area contributed by atoms with E-state index in [0.29, 0.717) is 5.75 Å². The lowest BCUT2D eigenvalue weighted by molar-refractivity contribution is 0.0541. The van der Waals surface area contributed by atoms with E-state index in [2.05, 4.69) is 5.32 Å². The lowest BCUT2D eigenvalue weighted by atomic mass is 9.99. The Balaban J connectivity index is 0.000000266. The second-order valence-corrected chi connectivity index (χ2v) is 7.37. The highest BCUT2D eigenvalue weighted by molar-refractivity contribution is 5.72. The number of benzene rings is 2. The fraction of sp³-hybridized carbons (Fsp3) is 0.409. The van der Waals surface area contributed by atoms with Crippen LogP contribution in [-0.4, -0.2) is 32.5 Å². The maximum absolute atomic E-state index is 13.4. The zero-order valence-corrected chi connectivity index (χ0v) is 17.1. The van der Waals surface area contributed by atoms with Crippen molar-refractivity contribution in [3.05, 3.63) is 47.8 Å². The van der Waals surface area contributed by atoms with Crippen LogP contribution in [0.1, 0.15) is 32.8 Å². The van der Waals surface area contributed by atoms with E-state index in [4.69, 9.17) is 14.2 Å². The van der Waals surface area contributed by atoms with E-state index in [1.807, 2.05) is 39.0 Å². The second kappa shape index (κ2) is 9.44. The molecular formula is C22H28FNO4. The van der Waals surface area contributed by atoms with Crippen LogP contribution in [0.4, 0.5) is 9.18 Å². The molecule has 0 saturated carbocycles. The van der Waals surface area contributed by atoms with E-state index in [1.165, 1.54) is 24.7 Å². The van der Waals surface area contributed by atoms with Gasteiger partial charge in [0.05, 0.1) is 13.7 Å². The van der Waals surface area contributed by atoms with Gasteiger partial charge in [0.15, 0.2) is 0 Å². The van der Waals surface area contributed by atoms with Gasteiger partial charge in [0.1, 0.15) is 22.9 Å². The number of carbonyl (C=O) groups excluding carboxylic acids is 1. The number of hydrogen-bond acceptors (Lipinski definition) is 4. The van der Waals surface area contributed by atoms with E-state index >= 15 is 0 Å². The Labute approximate surface area is 165 Å². The lowest BCUT2D eigenvalue weighted by Gasteiger charge is -2.18. The summed E-state index contributed by atoms with van der Waals surface area (Å²) in [6, 6.07) is 10.5. The summed E-state index contributed by atoms with van der Waals surface area (Å²) >= 11 is 0. The molecule has 28 heavy (non-hydrogen) atoms. The molecule has 0 fully saturated rings. The monoisotopic (exact) mass is 389 g/mol. The van der Waals surface area contributed by atoms with Gasteiger partial charge in [0.25, 0.3) is 0 Å². The summed E-state index contributed by atoms with van der Waals surface area (Å²) < 4.78 is 29.2. The molecule has 1 heterocycles.